The molecule has 1 aromatic heterocycles. The van der Waals surface area contributed by atoms with Crippen molar-refractivity contribution in [3.63, 3.8) is 0 Å². The Morgan fingerprint density at radius 2 is 1.90 bits per heavy atom. The lowest BCUT2D eigenvalue weighted by molar-refractivity contribution is -0.122. The number of rotatable bonds is 3. The van der Waals surface area contributed by atoms with Crippen molar-refractivity contribution in [3.05, 3.63) is 36.5 Å². The van der Waals surface area contributed by atoms with Crippen molar-refractivity contribution in [2.45, 2.75) is 31.7 Å². The lowest BCUT2D eigenvalue weighted by Crippen LogP contribution is -2.32. The van der Waals surface area contributed by atoms with Gasteiger partial charge in [0.25, 0.3) is 0 Å². The normalized spacial score (nSPS) is 22.6. The lowest BCUT2D eigenvalue weighted by Gasteiger charge is -2.28. The van der Waals surface area contributed by atoms with E-state index in [0.29, 0.717) is 6.04 Å². The van der Waals surface area contributed by atoms with Gasteiger partial charge in [-0.15, -0.1) is 0 Å². The molecule has 1 amide bonds. The number of nitrogens with two attached hydrogens (primary N) is 1. The van der Waals surface area contributed by atoms with Crippen LogP contribution in [0.15, 0.2) is 36.5 Å². The molecule has 1 aromatic carbocycles. The molecule has 4 heteroatoms. The van der Waals surface area contributed by atoms with Crippen LogP contribution in [0.5, 0.6) is 0 Å². The zero-order chi connectivity index (χ0) is 13.9. The Balaban J connectivity index is 1.73. The van der Waals surface area contributed by atoms with Crippen molar-refractivity contribution >= 4 is 22.5 Å². The van der Waals surface area contributed by atoms with Gasteiger partial charge in [-0.05, 0) is 37.1 Å². The van der Waals surface area contributed by atoms with Crippen LogP contribution in [0.25, 0.3) is 10.8 Å². The Labute approximate surface area is 118 Å². The average molecular weight is 269 g/mol. The third kappa shape index (κ3) is 2.59. The number of primary amides is 1. The van der Waals surface area contributed by atoms with E-state index < -0.39 is 0 Å². The Hall–Kier alpha value is -2.10. The molecule has 0 atom stereocenters. The predicted molar refractivity (Wildman–Crippen MR) is 80.3 cm³/mol. The first kappa shape index (κ1) is 12.9. The minimum absolute atomic E-state index is 0.0496. The maximum atomic E-state index is 11.2. The summed E-state index contributed by atoms with van der Waals surface area (Å²) in [5.41, 5.74) is 5.37. The van der Waals surface area contributed by atoms with Gasteiger partial charge in [-0.1, -0.05) is 24.3 Å². The fourth-order valence-corrected chi connectivity index (χ4v) is 2.95. The lowest BCUT2D eigenvalue weighted by atomic mass is 9.85. The summed E-state index contributed by atoms with van der Waals surface area (Å²) in [4.78, 5) is 15.6. The van der Waals surface area contributed by atoms with Crippen LogP contribution in [0, 0.1) is 5.92 Å². The van der Waals surface area contributed by atoms with Crippen LogP contribution >= 0.6 is 0 Å². The summed E-state index contributed by atoms with van der Waals surface area (Å²) in [5.74, 6) is 0.825. The smallest absolute Gasteiger partial charge is 0.220 e. The molecule has 104 valence electrons. The molecule has 0 spiro atoms. The van der Waals surface area contributed by atoms with E-state index in [9.17, 15) is 4.79 Å². The van der Waals surface area contributed by atoms with Crippen molar-refractivity contribution in [3.8, 4) is 0 Å². The largest absolute Gasteiger partial charge is 0.369 e. The van der Waals surface area contributed by atoms with E-state index in [1.807, 2.05) is 24.4 Å². The van der Waals surface area contributed by atoms with Gasteiger partial charge in [0.05, 0.1) is 0 Å². The van der Waals surface area contributed by atoms with Gasteiger partial charge in [-0.25, -0.2) is 4.98 Å². The number of hydrogen-bond donors (Lipinski definition) is 2. The van der Waals surface area contributed by atoms with E-state index in [1.54, 1.807) is 0 Å². The van der Waals surface area contributed by atoms with E-state index in [-0.39, 0.29) is 11.8 Å². The van der Waals surface area contributed by atoms with Crippen LogP contribution in [-0.4, -0.2) is 16.9 Å². The first-order valence-corrected chi connectivity index (χ1v) is 7.13. The van der Waals surface area contributed by atoms with Crippen LogP contribution in [0.3, 0.4) is 0 Å². The van der Waals surface area contributed by atoms with Gasteiger partial charge in [-0.2, -0.15) is 0 Å². The number of aromatic nitrogens is 1. The van der Waals surface area contributed by atoms with Gasteiger partial charge in [0.1, 0.15) is 5.82 Å². The third-order valence-electron chi connectivity index (χ3n) is 4.14. The molecule has 2 aromatic rings. The van der Waals surface area contributed by atoms with Crippen molar-refractivity contribution < 1.29 is 4.79 Å². The van der Waals surface area contributed by atoms with Crippen molar-refractivity contribution in [1.29, 1.82) is 0 Å². The first-order chi connectivity index (χ1) is 9.74. The monoisotopic (exact) mass is 269 g/mol. The second kappa shape index (κ2) is 5.49. The molecule has 4 nitrogen and oxygen atoms in total. The molecule has 3 N–H and O–H groups in total. The highest BCUT2D eigenvalue weighted by molar-refractivity contribution is 5.91. The average Bonchev–Trinajstić information content (AvgIpc) is 2.48. The van der Waals surface area contributed by atoms with E-state index >= 15 is 0 Å². The Bertz CT molecular complexity index is 613. The van der Waals surface area contributed by atoms with E-state index in [4.69, 9.17) is 5.73 Å². The number of carbonyl (C=O) groups is 1. The molecule has 1 aliphatic carbocycles. The van der Waals surface area contributed by atoms with Crippen LogP contribution < -0.4 is 11.1 Å². The molecule has 0 unspecified atom stereocenters. The number of pyridine rings is 1. The highest BCUT2D eigenvalue weighted by atomic mass is 16.1. The van der Waals surface area contributed by atoms with Crippen LogP contribution in [0.2, 0.25) is 0 Å². The van der Waals surface area contributed by atoms with Gasteiger partial charge in [-0.3, -0.25) is 4.79 Å². The number of nitrogens with one attached hydrogen (secondary N) is 1. The number of carbonyl (C=O) groups excluding carboxylic acids is 1. The molecular formula is C16H19N3O. The van der Waals surface area contributed by atoms with E-state index in [2.05, 4.69) is 22.4 Å². The number of anilines is 1. The maximum Gasteiger partial charge on any atom is 0.220 e. The number of hydrogen-bond acceptors (Lipinski definition) is 3. The molecule has 20 heavy (non-hydrogen) atoms. The zero-order valence-corrected chi connectivity index (χ0v) is 11.4. The molecule has 0 saturated heterocycles. The summed E-state index contributed by atoms with van der Waals surface area (Å²) < 4.78 is 0. The topological polar surface area (TPSA) is 68.0 Å². The predicted octanol–water partition coefficient (Wildman–Crippen LogP) is 2.69. The van der Waals surface area contributed by atoms with Crippen LogP contribution in [0.1, 0.15) is 25.7 Å². The highest BCUT2D eigenvalue weighted by Gasteiger charge is 2.24. The van der Waals surface area contributed by atoms with Crippen LogP contribution in [-0.2, 0) is 4.79 Å². The molecule has 1 fully saturated rings. The van der Waals surface area contributed by atoms with Gasteiger partial charge < -0.3 is 11.1 Å². The SMILES string of the molecule is NC(=O)C1CCC(Nc2nccc3ccccc23)CC1. The molecule has 0 radical (unpaired) electrons. The molecule has 0 bridgehead atoms. The van der Waals surface area contributed by atoms with E-state index in [0.717, 1.165) is 36.9 Å². The summed E-state index contributed by atoms with van der Waals surface area (Å²) in [6.07, 6.45) is 5.52. The van der Waals surface area contributed by atoms with Gasteiger partial charge in [0, 0.05) is 23.5 Å². The van der Waals surface area contributed by atoms with E-state index in [1.165, 1.54) is 5.39 Å². The van der Waals surface area contributed by atoms with Crippen molar-refractivity contribution in [1.82, 2.24) is 4.98 Å². The fourth-order valence-electron chi connectivity index (χ4n) is 2.95. The minimum atomic E-state index is -0.160. The molecule has 1 saturated carbocycles. The summed E-state index contributed by atoms with van der Waals surface area (Å²) in [7, 11) is 0. The quantitative estimate of drug-likeness (QED) is 0.900. The number of nitrogens with zero attached hydrogens (tertiary/aromatic N) is 1. The zero-order valence-electron chi connectivity index (χ0n) is 11.4. The molecule has 1 heterocycles. The summed E-state index contributed by atoms with van der Waals surface area (Å²) >= 11 is 0. The summed E-state index contributed by atoms with van der Waals surface area (Å²) in [5, 5.41) is 5.86. The van der Waals surface area contributed by atoms with Gasteiger partial charge in [0.2, 0.25) is 5.91 Å². The maximum absolute atomic E-state index is 11.2. The van der Waals surface area contributed by atoms with Crippen LogP contribution in [0.4, 0.5) is 5.82 Å². The first-order valence-electron chi connectivity index (χ1n) is 7.13. The summed E-state index contributed by atoms with van der Waals surface area (Å²) in [6.45, 7) is 0. The molecule has 3 rings (SSSR count). The number of amides is 1. The molecule has 1 aliphatic rings. The second-order valence-corrected chi connectivity index (χ2v) is 5.48. The van der Waals surface area contributed by atoms with Crippen molar-refractivity contribution in [2.24, 2.45) is 11.7 Å². The highest BCUT2D eigenvalue weighted by Crippen LogP contribution is 2.28. The third-order valence-corrected chi connectivity index (χ3v) is 4.14. The minimum Gasteiger partial charge on any atom is -0.369 e. The van der Waals surface area contributed by atoms with Gasteiger partial charge >= 0.3 is 0 Å². The number of fused-ring (bicyclic) bond motifs is 1. The Morgan fingerprint density at radius 3 is 2.65 bits per heavy atom. The standard InChI is InChI=1S/C16H19N3O/c17-15(20)12-5-7-13(8-6-12)19-16-14-4-2-1-3-11(14)9-10-18-16/h1-4,9-10,12-13H,5-8H2,(H2,17,20)(H,18,19). The van der Waals surface area contributed by atoms with Crippen molar-refractivity contribution in [2.75, 3.05) is 5.32 Å². The van der Waals surface area contributed by atoms with Gasteiger partial charge in [0.15, 0.2) is 0 Å². The molecular weight excluding hydrogens is 250 g/mol. The second-order valence-electron chi connectivity index (χ2n) is 5.48. The Morgan fingerprint density at radius 1 is 1.15 bits per heavy atom. The molecule has 0 aliphatic heterocycles. The summed E-state index contributed by atoms with van der Waals surface area (Å²) in [6, 6.07) is 10.6. The fraction of sp³-hybridized carbons (Fsp3) is 0.375. The number of benzene rings is 1. The Kier molecular flexibility index (Phi) is 3.54.